The van der Waals surface area contributed by atoms with Crippen LogP contribution in [0.5, 0.6) is 0 Å². The summed E-state index contributed by atoms with van der Waals surface area (Å²) in [7, 11) is 0. The number of benzene rings is 3. The quantitative estimate of drug-likeness (QED) is 0.205. The van der Waals surface area contributed by atoms with Crippen molar-refractivity contribution in [3.8, 4) is 0 Å². The molecule has 0 N–H and O–H groups in total. The number of nitrogens with zero attached hydrogens (tertiary/aromatic N) is 1. The number of halogens is 3. The second-order valence-corrected chi connectivity index (χ2v) is 9.39. The van der Waals surface area contributed by atoms with Gasteiger partial charge >= 0.3 is 6.18 Å². The van der Waals surface area contributed by atoms with Crippen molar-refractivity contribution < 1.29 is 13.2 Å². The monoisotopic (exact) mass is 480 g/mol. The van der Waals surface area contributed by atoms with Gasteiger partial charge in [-0.3, -0.25) is 0 Å². The Kier molecular flexibility index (Phi) is 10.9. The Bertz CT molecular complexity index is 974. The predicted octanol–water partition coefficient (Wildman–Crippen LogP) is 8.70. The van der Waals surface area contributed by atoms with Crippen LogP contribution in [0.25, 0.3) is 0 Å². The molecule has 4 heteroatoms. The van der Waals surface area contributed by atoms with E-state index in [-0.39, 0.29) is 0 Å². The van der Waals surface area contributed by atoms with Crippen molar-refractivity contribution in [1.82, 2.24) is 5.32 Å². The molecule has 0 fully saturated rings. The minimum atomic E-state index is -4.30. The Morgan fingerprint density at radius 2 is 0.914 bits per heavy atom. The molecule has 0 heterocycles. The number of hydrogen-bond donors (Lipinski definition) is 0. The van der Waals surface area contributed by atoms with Crippen molar-refractivity contribution in [3.63, 3.8) is 0 Å². The highest BCUT2D eigenvalue weighted by atomic mass is 19.4. The molecule has 35 heavy (non-hydrogen) atoms. The van der Waals surface area contributed by atoms with Crippen molar-refractivity contribution in [1.29, 1.82) is 0 Å². The first kappa shape index (κ1) is 27.0. The van der Waals surface area contributed by atoms with Crippen LogP contribution in [0, 0.1) is 0 Å². The molecule has 3 rings (SSSR count). The second kappa shape index (κ2) is 14.1. The SMILES string of the molecule is CCCCCCCCc1ccc(CCc2ccc(C[N]Cc3ccc(C(F)(F)F)cc3)cc2)cc1. The van der Waals surface area contributed by atoms with Gasteiger partial charge in [-0.2, -0.15) is 13.2 Å². The zero-order chi connectivity index (χ0) is 24.9. The van der Waals surface area contributed by atoms with Gasteiger partial charge in [0.15, 0.2) is 0 Å². The number of aryl methyl sites for hydroxylation is 3. The fourth-order valence-corrected chi connectivity index (χ4v) is 4.20. The predicted molar refractivity (Wildman–Crippen MR) is 138 cm³/mol. The first-order valence-corrected chi connectivity index (χ1v) is 12.9. The van der Waals surface area contributed by atoms with Gasteiger partial charge in [0.25, 0.3) is 0 Å². The molecule has 0 atom stereocenters. The Hall–Kier alpha value is -2.59. The maximum atomic E-state index is 12.7. The molecular weight excluding hydrogens is 443 g/mol. The number of hydrogen-bond acceptors (Lipinski definition) is 0. The molecule has 0 saturated heterocycles. The van der Waals surface area contributed by atoms with Crippen LogP contribution in [0.3, 0.4) is 0 Å². The van der Waals surface area contributed by atoms with Gasteiger partial charge in [-0.25, -0.2) is 5.32 Å². The van der Waals surface area contributed by atoms with Gasteiger partial charge < -0.3 is 0 Å². The molecule has 0 unspecified atom stereocenters. The van der Waals surface area contributed by atoms with Crippen LogP contribution in [0.15, 0.2) is 72.8 Å². The fraction of sp³-hybridized carbons (Fsp3) is 0.419. The average molecular weight is 481 g/mol. The van der Waals surface area contributed by atoms with Crippen molar-refractivity contribution >= 4 is 0 Å². The molecule has 187 valence electrons. The standard InChI is InChI=1S/C31H37F3N/c1-2-3-4-5-6-7-8-25-9-11-26(12-10-25)13-14-27-15-17-28(18-16-27)23-35-24-29-19-21-30(22-20-29)31(32,33)34/h9-12,15-22H,2-8,13-14,23-24H2,1H3. The molecule has 0 aromatic heterocycles. The molecule has 3 aromatic carbocycles. The molecular formula is C31H37F3N. The lowest BCUT2D eigenvalue weighted by Crippen LogP contribution is -2.07. The zero-order valence-corrected chi connectivity index (χ0v) is 20.8. The lowest BCUT2D eigenvalue weighted by Gasteiger charge is -2.08. The van der Waals surface area contributed by atoms with Gasteiger partial charge in [0.1, 0.15) is 0 Å². The van der Waals surface area contributed by atoms with Crippen LogP contribution in [-0.4, -0.2) is 0 Å². The maximum absolute atomic E-state index is 12.7. The average Bonchev–Trinajstić information content (AvgIpc) is 2.86. The van der Waals surface area contributed by atoms with E-state index in [4.69, 9.17) is 0 Å². The summed E-state index contributed by atoms with van der Waals surface area (Å²) >= 11 is 0. The summed E-state index contributed by atoms with van der Waals surface area (Å²) in [5, 5.41) is 4.49. The van der Waals surface area contributed by atoms with Gasteiger partial charge in [0.05, 0.1) is 5.56 Å². The molecule has 3 aromatic rings. The van der Waals surface area contributed by atoms with E-state index in [1.54, 1.807) is 0 Å². The normalized spacial score (nSPS) is 11.7. The second-order valence-electron chi connectivity index (χ2n) is 9.39. The highest BCUT2D eigenvalue weighted by Crippen LogP contribution is 2.29. The van der Waals surface area contributed by atoms with Crippen molar-refractivity contribution in [2.24, 2.45) is 0 Å². The van der Waals surface area contributed by atoms with Gasteiger partial charge in [-0.1, -0.05) is 99.7 Å². The molecule has 0 aliphatic rings. The van der Waals surface area contributed by atoms with Crippen LogP contribution >= 0.6 is 0 Å². The zero-order valence-electron chi connectivity index (χ0n) is 20.8. The van der Waals surface area contributed by atoms with Gasteiger partial charge in [0.2, 0.25) is 0 Å². The van der Waals surface area contributed by atoms with Crippen LogP contribution in [0.1, 0.15) is 78.8 Å². The minimum absolute atomic E-state index is 0.411. The van der Waals surface area contributed by atoms with Gasteiger partial charge in [0, 0.05) is 13.1 Å². The van der Waals surface area contributed by atoms with E-state index in [1.165, 1.54) is 73.8 Å². The summed E-state index contributed by atoms with van der Waals surface area (Å²) in [6.07, 6.45) is 6.91. The van der Waals surface area contributed by atoms with E-state index >= 15 is 0 Å². The molecule has 0 aliphatic carbocycles. The number of rotatable bonds is 14. The molecule has 0 aliphatic heterocycles. The summed E-state index contributed by atoms with van der Waals surface area (Å²) < 4.78 is 38.0. The highest BCUT2D eigenvalue weighted by Gasteiger charge is 2.29. The van der Waals surface area contributed by atoms with E-state index in [0.717, 1.165) is 36.1 Å². The van der Waals surface area contributed by atoms with Crippen LogP contribution < -0.4 is 5.32 Å². The maximum Gasteiger partial charge on any atom is 0.416 e. The summed E-state index contributed by atoms with van der Waals surface area (Å²) in [4.78, 5) is 0. The Labute approximate surface area is 208 Å². The number of unbranched alkanes of at least 4 members (excludes halogenated alkanes) is 5. The summed E-state index contributed by atoms with van der Waals surface area (Å²) in [5.74, 6) is 0. The number of alkyl halides is 3. The van der Waals surface area contributed by atoms with E-state index < -0.39 is 11.7 Å². The summed E-state index contributed by atoms with van der Waals surface area (Å²) in [5.41, 5.74) is 5.38. The molecule has 0 spiro atoms. The van der Waals surface area contributed by atoms with Crippen molar-refractivity contribution in [2.45, 2.75) is 84.0 Å². The Balaban J connectivity index is 1.35. The van der Waals surface area contributed by atoms with Crippen LogP contribution in [-0.2, 0) is 38.5 Å². The third kappa shape index (κ3) is 9.89. The van der Waals surface area contributed by atoms with E-state index in [1.807, 2.05) is 0 Å². The van der Waals surface area contributed by atoms with E-state index in [2.05, 4.69) is 60.8 Å². The summed E-state index contributed by atoms with van der Waals surface area (Å²) in [6.45, 7) is 3.22. The van der Waals surface area contributed by atoms with Crippen molar-refractivity contribution in [3.05, 3.63) is 106 Å². The molecule has 1 radical (unpaired) electrons. The topological polar surface area (TPSA) is 14.1 Å². The van der Waals surface area contributed by atoms with Gasteiger partial charge in [-0.15, -0.1) is 0 Å². The van der Waals surface area contributed by atoms with Crippen molar-refractivity contribution in [2.75, 3.05) is 0 Å². The van der Waals surface area contributed by atoms with Crippen LogP contribution in [0.4, 0.5) is 13.2 Å². The first-order valence-electron chi connectivity index (χ1n) is 12.9. The van der Waals surface area contributed by atoms with E-state index in [9.17, 15) is 13.2 Å². The molecule has 1 nitrogen and oxygen atoms in total. The first-order chi connectivity index (χ1) is 16.9. The Morgan fingerprint density at radius 1 is 0.514 bits per heavy atom. The lowest BCUT2D eigenvalue weighted by atomic mass is 10.00. The summed E-state index contributed by atoms with van der Waals surface area (Å²) in [6, 6.07) is 22.8. The largest absolute Gasteiger partial charge is 0.416 e. The third-order valence-electron chi connectivity index (χ3n) is 6.44. The smallest absolute Gasteiger partial charge is 0.232 e. The third-order valence-corrected chi connectivity index (χ3v) is 6.44. The molecule has 0 saturated carbocycles. The lowest BCUT2D eigenvalue weighted by molar-refractivity contribution is -0.137. The minimum Gasteiger partial charge on any atom is -0.232 e. The Morgan fingerprint density at radius 3 is 1.40 bits per heavy atom. The van der Waals surface area contributed by atoms with Crippen LogP contribution in [0.2, 0.25) is 0 Å². The highest BCUT2D eigenvalue weighted by molar-refractivity contribution is 5.27. The fourth-order valence-electron chi connectivity index (χ4n) is 4.20. The molecule has 0 bridgehead atoms. The van der Waals surface area contributed by atoms with Gasteiger partial charge in [-0.05, 0) is 65.6 Å². The molecule has 0 amide bonds. The van der Waals surface area contributed by atoms with E-state index in [0.29, 0.717) is 13.1 Å².